The first-order chi connectivity index (χ1) is 15.8. The van der Waals surface area contributed by atoms with Crippen LogP contribution in [0.4, 0.5) is 5.69 Å². The zero-order valence-electron chi connectivity index (χ0n) is 16.7. The van der Waals surface area contributed by atoms with Crippen molar-refractivity contribution in [2.45, 2.75) is 0 Å². The molecule has 0 saturated carbocycles. The standard InChI is InChI=1S/C23H15BrClN3O4S/c24-14-4-8-17-19(9-14)33-21(20(17)25)23(32)27-15-5-1-12(2-6-15)22(31)28-26-11-13-3-7-16(29)10-18(13)30/h1-11,29-30H,(H,27,32)(H,28,31)/b26-11-. The first-order valence-corrected chi connectivity index (χ1v) is 11.4. The van der Waals surface area contributed by atoms with Crippen LogP contribution >= 0.6 is 38.9 Å². The van der Waals surface area contributed by atoms with Crippen molar-refractivity contribution in [3.05, 3.63) is 86.2 Å². The highest BCUT2D eigenvalue weighted by Gasteiger charge is 2.17. The van der Waals surface area contributed by atoms with Crippen molar-refractivity contribution in [1.82, 2.24) is 5.43 Å². The number of hydrogen-bond acceptors (Lipinski definition) is 6. The first-order valence-electron chi connectivity index (χ1n) is 9.46. The Balaban J connectivity index is 1.40. The van der Waals surface area contributed by atoms with Crippen LogP contribution in [0, 0.1) is 0 Å². The van der Waals surface area contributed by atoms with Gasteiger partial charge in [-0.25, -0.2) is 5.43 Å². The lowest BCUT2D eigenvalue weighted by atomic mass is 10.2. The van der Waals surface area contributed by atoms with E-state index in [1.54, 1.807) is 24.3 Å². The van der Waals surface area contributed by atoms with Gasteiger partial charge in [-0.3, -0.25) is 9.59 Å². The molecule has 0 radical (unpaired) electrons. The van der Waals surface area contributed by atoms with Crippen LogP contribution in [0.5, 0.6) is 11.5 Å². The van der Waals surface area contributed by atoms with Gasteiger partial charge in [-0.15, -0.1) is 11.3 Å². The second-order valence-electron chi connectivity index (χ2n) is 6.86. The van der Waals surface area contributed by atoms with Crippen LogP contribution in [0.3, 0.4) is 0 Å². The molecule has 1 aromatic heterocycles. The number of carbonyl (C=O) groups excluding carboxylic acids is 2. The fourth-order valence-corrected chi connectivity index (χ4v) is 4.91. The number of halogens is 2. The summed E-state index contributed by atoms with van der Waals surface area (Å²) in [4.78, 5) is 25.4. The predicted molar refractivity (Wildman–Crippen MR) is 134 cm³/mol. The third kappa shape index (κ3) is 5.16. The summed E-state index contributed by atoms with van der Waals surface area (Å²) in [5, 5.41) is 26.8. The fourth-order valence-electron chi connectivity index (χ4n) is 2.94. The van der Waals surface area contributed by atoms with E-state index in [2.05, 4.69) is 31.8 Å². The molecule has 3 aromatic carbocycles. The first kappa shape index (κ1) is 22.8. The monoisotopic (exact) mass is 543 g/mol. The number of thiophene rings is 1. The number of anilines is 1. The third-order valence-corrected chi connectivity index (χ3v) is 6.74. The van der Waals surface area contributed by atoms with E-state index in [0.29, 0.717) is 26.7 Å². The smallest absolute Gasteiger partial charge is 0.271 e. The summed E-state index contributed by atoms with van der Waals surface area (Å²) in [6.07, 6.45) is 1.26. The molecule has 0 aliphatic rings. The Morgan fingerprint density at radius 1 is 1.00 bits per heavy atom. The average Bonchev–Trinajstić information content (AvgIpc) is 3.11. The van der Waals surface area contributed by atoms with E-state index < -0.39 is 5.91 Å². The Hall–Kier alpha value is -3.40. The lowest BCUT2D eigenvalue weighted by Crippen LogP contribution is -2.17. The molecule has 0 aliphatic heterocycles. The van der Waals surface area contributed by atoms with Crippen LogP contribution in [0.25, 0.3) is 10.1 Å². The van der Waals surface area contributed by atoms with E-state index in [0.717, 1.165) is 14.6 Å². The number of amides is 2. The highest BCUT2D eigenvalue weighted by Crippen LogP contribution is 2.37. The molecular formula is C23H15BrClN3O4S. The van der Waals surface area contributed by atoms with E-state index in [1.807, 2.05) is 18.2 Å². The summed E-state index contributed by atoms with van der Waals surface area (Å²) in [6.45, 7) is 0. The number of nitrogens with one attached hydrogen (secondary N) is 2. The Labute approximate surface area is 205 Å². The van der Waals surface area contributed by atoms with Crippen LogP contribution < -0.4 is 10.7 Å². The normalized spacial score (nSPS) is 11.1. The molecule has 0 bridgehead atoms. The summed E-state index contributed by atoms with van der Waals surface area (Å²) < 4.78 is 1.80. The van der Waals surface area contributed by atoms with Gasteiger partial charge in [0.1, 0.15) is 16.4 Å². The molecule has 4 aromatic rings. The lowest BCUT2D eigenvalue weighted by Gasteiger charge is -2.05. The van der Waals surface area contributed by atoms with Crippen molar-refractivity contribution in [2.75, 3.05) is 5.32 Å². The van der Waals surface area contributed by atoms with E-state index >= 15 is 0 Å². The van der Waals surface area contributed by atoms with Crippen molar-refractivity contribution in [1.29, 1.82) is 0 Å². The van der Waals surface area contributed by atoms with Crippen molar-refractivity contribution in [3.8, 4) is 11.5 Å². The number of nitrogens with zero attached hydrogens (tertiary/aromatic N) is 1. The van der Waals surface area contributed by atoms with Gasteiger partial charge in [-0.2, -0.15) is 5.10 Å². The number of carbonyl (C=O) groups is 2. The van der Waals surface area contributed by atoms with Gasteiger partial charge in [0.15, 0.2) is 0 Å². The molecule has 4 N–H and O–H groups in total. The Morgan fingerprint density at radius 2 is 1.76 bits per heavy atom. The molecule has 2 amide bonds. The van der Waals surface area contributed by atoms with Gasteiger partial charge < -0.3 is 15.5 Å². The van der Waals surface area contributed by atoms with Crippen LogP contribution in [-0.4, -0.2) is 28.2 Å². The number of benzene rings is 3. The molecule has 0 aliphatic carbocycles. The maximum atomic E-state index is 12.7. The highest BCUT2D eigenvalue weighted by atomic mass is 79.9. The van der Waals surface area contributed by atoms with Crippen molar-refractivity contribution in [3.63, 3.8) is 0 Å². The minimum absolute atomic E-state index is 0.0800. The van der Waals surface area contributed by atoms with Crippen LogP contribution in [0.15, 0.2) is 70.2 Å². The van der Waals surface area contributed by atoms with Gasteiger partial charge in [0.05, 0.1) is 11.2 Å². The molecule has 10 heteroatoms. The maximum absolute atomic E-state index is 12.7. The third-order valence-electron chi connectivity index (χ3n) is 4.59. The number of phenolic OH excluding ortho intramolecular Hbond substituents is 2. The number of hydrazone groups is 1. The van der Waals surface area contributed by atoms with Crippen molar-refractivity contribution < 1.29 is 19.8 Å². The molecule has 0 spiro atoms. The van der Waals surface area contributed by atoms with Gasteiger partial charge >= 0.3 is 0 Å². The summed E-state index contributed by atoms with van der Waals surface area (Å²) in [6, 6.07) is 15.9. The second-order valence-corrected chi connectivity index (χ2v) is 9.21. The molecule has 33 heavy (non-hydrogen) atoms. The zero-order chi connectivity index (χ0) is 23.5. The van der Waals surface area contributed by atoms with Gasteiger partial charge in [-0.1, -0.05) is 33.6 Å². The summed E-state index contributed by atoms with van der Waals surface area (Å²) in [5.74, 6) is -1.06. The zero-order valence-corrected chi connectivity index (χ0v) is 19.8. The topological polar surface area (TPSA) is 111 Å². The Bertz CT molecular complexity index is 1400. The number of hydrogen-bond donors (Lipinski definition) is 4. The minimum atomic E-state index is -0.472. The largest absolute Gasteiger partial charge is 0.508 e. The number of fused-ring (bicyclic) bond motifs is 1. The molecule has 1 heterocycles. The molecule has 4 rings (SSSR count). The Kier molecular flexibility index (Phi) is 6.64. The predicted octanol–water partition coefficient (Wildman–Crippen LogP) is 5.74. The van der Waals surface area contributed by atoms with Crippen molar-refractivity contribution in [2.24, 2.45) is 5.10 Å². The van der Waals surface area contributed by atoms with E-state index in [1.165, 1.54) is 35.8 Å². The SMILES string of the molecule is O=C(N/N=C\c1ccc(O)cc1O)c1ccc(NC(=O)c2sc3cc(Br)ccc3c2Cl)cc1. The molecule has 166 valence electrons. The van der Waals surface area contributed by atoms with Crippen molar-refractivity contribution >= 4 is 72.7 Å². The lowest BCUT2D eigenvalue weighted by molar-refractivity contribution is 0.0954. The second kappa shape index (κ2) is 9.62. The van der Waals surface area contributed by atoms with Crippen LogP contribution in [-0.2, 0) is 0 Å². The van der Waals surface area contributed by atoms with E-state index in [9.17, 15) is 19.8 Å². The fraction of sp³-hybridized carbons (Fsp3) is 0. The number of phenols is 2. The molecule has 0 saturated heterocycles. The summed E-state index contributed by atoms with van der Waals surface area (Å²) in [7, 11) is 0. The van der Waals surface area contributed by atoms with Crippen LogP contribution in [0.2, 0.25) is 5.02 Å². The summed E-state index contributed by atoms with van der Waals surface area (Å²) >= 11 is 11.1. The van der Waals surface area contributed by atoms with E-state index in [4.69, 9.17) is 11.6 Å². The molecule has 7 nitrogen and oxygen atoms in total. The minimum Gasteiger partial charge on any atom is -0.508 e. The molecule has 0 fully saturated rings. The van der Waals surface area contributed by atoms with Gasteiger partial charge in [0.2, 0.25) is 0 Å². The molecular weight excluding hydrogens is 530 g/mol. The van der Waals surface area contributed by atoms with Crippen LogP contribution in [0.1, 0.15) is 25.6 Å². The quantitative estimate of drug-likeness (QED) is 0.189. The highest BCUT2D eigenvalue weighted by molar-refractivity contribution is 9.10. The van der Waals surface area contributed by atoms with Gasteiger partial charge in [0, 0.05) is 37.4 Å². The van der Waals surface area contributed by atoms with E-state index in [-0.39, 0.29) is 17.4 Å². The maximum Gasteiger partial charge on any atom is 0.271 e. The molecule has 0 atom stereocenters. The van der Waals surface area contributed by atoms with Gasteiger partial charge in [-0.05, 0) is 48.5 Å². The Morgan fingerprint density at radius 3 is 2.48 bits per heavy atom. The summed E-state index contributed by atoms with van der Waals surface area (Å²) in [5.41, 5.74) is 3.51. The number of rotatable bonds is 5. The van der Waals surface area contributed by atoms with Gasteiger partial charge in [0.25, 0.3) is 11.8 Å². The average molecular weight is 545 g/mol. The number of aromatic hydroxyl groups is 2. The molecule has 0 unspecified atom stereocenters.